The average molecular weight is 574 g/mol. The Morgan fingerprint density at radius 3 is 2.60 bits per heavy atom. The summed E-state index contributed by atoms with van der Waals surface area (Å²) >= 11 is 0. The van der Waals surface area contributed by atoms with Gasteiger partial charge in [0.15, 0.2) is 0 Å². The first kappa shape index (κ1) is 31.1. The van der Waals surface area contributed by atoms with E-state index in [2.05, 4.69) is 35.6 Å². The Morgan fingerprint density at radius 2 is 1.93 bits per heavy atom. The van der Waals surface area contributed by atoms with Crippen molar-refractivity contribution in [2.45, 2.75) is 90.5 Å². The van der Waals surface area contributed by atoms with Crippen molar-refractivity contribution in [3.63, 3.8) is 0 Å². The van der Waals surface area contributed by atoms with Gasteiger partial charge in [0.2, 0.25) is 5.91 Å². The molecule has 1 aromatic carbocycles. The molecule has 0 fully saturated rings. The molecular weight excluding hydrogens is 530 g/mol. The van der Waals surface area contributed by atoms with Crippen molar-refractivity contribution in [2.24, 2.45) is 0 Å². The summed E-state index contributed by atoms with van der Waals surface area (Å²) in [4.78, 5) is 42.3. The molecule has 0 saturated carbocycles. The van der Waals surface area contributed by atoms with Crippen LogP contribution in [0.5, 0.6) is 0 Å². The van der Waals surface area contributed by atoms with Gasteiger partial charge < -0.3 is 29.4 Å². The number of imidazole rings is 1. The quantitative estimate of drug-likeness (QED) is 0.268. The lowest BCUT2D eigenvalue weighted by molar-refractivity contribution is -0.116. The molecule has 0 saturated heterocycles. The number of nitrogens with zero attached hydrogens (tertiary/aromatic N) is 2. The van der Waals surface area contributed by atoms with E-state index in [-0.39, 0.29) is 12.6 Å². The van der Waals surface area contributed by atoms with Gasteiger partial charge in [-0.1, -0.05) is 26.1 Å². The molecule has 1 atom stereocenters. The highest BCUT2D eigenvalue weighted by atomic mass is 28.3. The molecule has 1 aliphatic heterocycles. The fourth-order valence-electron chi connectivity index (χ4n) is 4.16. The third-order valence-corrected chi connectivity index (χ3v) is 7.89. The molecule has 0 aliphatic carbocycles. The van der Waals surface area contributed by atoms with Gasteiger partial charge in [-0.05, 0) is 57.9 Å². The summed E-state index contributed by atoms with van der Waals surface area (Å²) in [5, 5.41) is 8.60. The first-order chi connectivity index (χ1) is 18.7. The first-order valence-corrected chi connectivity index (χ1v) is 17.4. The van der Waals surface area contributed by atoms with Crippen molar-refractivity contribution in [2.75, 3.05) is 24.4 Å². The van der Waals surface area contributed by atoms with Crippen LogP contribution in [-0.4, -0.2) is 55.0 Å². The summed E-state index contributed by atoms with van der Waals surface area (Å²) in [7, 11) is 0.00918. The number of amides is 3. The summed E-state index contributed by atoms with van der Waals surface area (Å²) < 4.78 is 18.2. The Hall–Kier alpha value is -3.38. The van der Waals surface area contributed by atoms with Crippen molar-refractivity contribution in [3.8, 4) is 11.3 Å². The van der Waals surface area contributed by atoms with Crippen molar-refractivity contribution in [1.82, 2.24) is 14.9 Å². The highest BCUT2D eigenvalue weighted by Crippen LogP contribution is 2.33. The molecule has 3 amide bonds. The number of nitrogens with one attached hydrogen (secondary N) is 3. The van der Waals surface area contributed by atoms with E-state index in [1.165, 1.54) is 7.11 Å². The van der Waals surface area contributed by atoms with Crippen LogP contribution in [0.1, 0.15) is 58.3 Å². The van der Waals surface area contributed by atoms with Crippen LogP contribution in [0.15, 0.2) is 24.4 Å². The van der Waals surface area contributed by atoms with E-state index in [0.29, 0.717) is 60.7 Å². The molecule has 0 spiro atoms. The SMILES string of the molecule is COC(=O)Nc1ccc2c(c1)NC(=O)CCCC[C@H](NC(=O)OC(C)(C)C)c1nc-2cn1COCC[Si](C)(C)C. The summed E-state index contributed by atoms with van der Waals surface area (Å²) in [5.74, 6) is 0.492. The number of benzene rings is 1. The third kappa shape index (κ3) is 9.67. The molecule has 11 nitrogen and oxygen atoms in total. The van der Waals surface area contributed by atoms with Gasteiger partial charge in [-0.15, -0.1) is 0 Å². The lowest BCUT2D eigenvalue weighted by atomic mass is 10.1. The van der Waals surface area contributed by atoms with Crippen molar-refractivity contribution in [3.05, 3.63) is 30.2 Å². The number of fused-ring (bicyclic) bond motifs is 4. The lowest BCUT2D eigenvalue weighted by Gasteiger charge is -2.24. The lowest BCUT2D eigenvalue weighted by Crippen LogP contribution is -2.36. The fraction of sp³-hybridized carbons (Fsp3) is 0.571. The van der Waals surface area contributed by atoms with Crippen LogP contribution in [0.4, 0.5) is 21.0 Å². The number of rotatable bonds is 7. The van der Waals surface area contributed by atoms with Gasteiger partial charge in [0.25, 0.3) is 0 Å². The minimum atomic E-state index is -1.28. The number of alkyl carbamates (subject to hydrolysis) is 1. The molecule has 2 heterocycles. The number of carbonyl (C=O) groups is 3. The van der Waals surface area contributed by atoms with E-state index in [0.717, 1.165) is 6.04 Å². The van der Waals surface area contributed by atoms with Gasteiger partial charge in [-0.3, -0.25) is 10.1 Å². The highest BCUT2D eigenvalue weighted by molar-refractivity contribution is 6.76. The Kier molecular flexibility index (Phi) is 10.4. The van der Waals surface area contributed by atoms with Crippen molar-refractivity contribution in [1.29, 1.82) is 0 Å². The fourth-order valence-corrected chi connectivity index (χ4v) is 4.92. The molecule has 12 heteroatoms. The van der Waals surface area contributed by atoms with Gasteiger partial charge >= 0.3 is 12.2 Å². The molecular formula is C28H43N5O6Si. The standard InChI is InChI=1S/C28H43N5O6Si/c1-28(2,3)39-27(36)32-21-10-8-9-11-24(34)30-22-16-19(29-26(35)37-4)12-13-20(22)23-17-33(25(21)31-23)18-38-14-15-40(5,6)7/h12-13,16-17,21H,8-11,14-15,18H2,1-7H3,(H,29,35)(H,30,34)(H,32,36)/t21-/m0/s1. The van der Waals surface area contributed by atoms with E-state index < -0.39 is 31.9 Å². The topological polar surface area (TPSA) is 133 Å². The number of carbonyl (C=O) groups excluding carboxylic acids is 3. The number of ether oxygens (including phenoxy) is 3. The van der Waals surface area contributed by atoms with Crippen LogP contribution in [0.2, 0.25) is 25.7 Å². The van der Waals surface area contributed by atoms with Crippen molar-refractivity contribution >= 4 is 37.5 Å². The molecule has 2 aromatic rings. The average Bonchev–Trinajstić information content (AvgIpc) is 3.25. The number of hydrogen-bond donors (Lipinski definition) is 3. The van der Waals surface area contributed by atoms with E-state index in [4.69, 9.17) is 19.2 Å². The largest absolute Gasteiger partial charge is 0.453 e. The predicted octanol–water partition coefficient (Wildman–Crippen LogP) is 6.12. The van der Waals surface area contributed by atoms with Crippen molar-refractivity contribution < 1.29 is 28.6 Å². The number of anilines is 2. The van der Waals surface area contributed by atoms with Crippen LogP contribution in [0.3, 0.4) is 0 Å². The van der Waals surface area contributed by atoms with Gasteiger partial charge in [-0.25, -0.2) is 14.6 Å². The number of methoxy groups -OCH3 is 1. The smallest absolute Gasteiger partial charge is 0.411 e. The van der Waals surface area contributed by atoms with E-state index in [1.807, 2.05) is 31.5 Å². The normalized spacial score (nSPS) is 16.1. The van der Waals surface area contributed by atoms with E-state index >= 15 is 0 Å². The molecule has 1 aromatic heterocycles. The molecule has 0 radical (unpaired) electrons. The maximum absolute atomic E-state index is 12.8. The number of aromatic nitrogens is 2. The van der Waals surface area contributed by atoms with Crippen LogP contribution < -0.4 is 16.0 Å². The molecule has 40 heavy (non-hydrogen) atoms. The zero-order valence-corrected chi connectivity index (χ0v) is 25.7. The second kappa shape index (κ2) is 13.3. The molecule has 220 valence electrons. The molecule has 0 unspecified atom stereocenters. The maximum Gasteiger partial charge on any atom is 0.411 e. The Morgan fingerprint density at radius 1 is 1.18 bits per heavy atom. The highest BCUT2D eigenvalue weighted by Gasteiger charge is 2.26. The zero-order valence-electron chi connectivity index (χ0n) is 24.7. The zero-order chi connectivity index (χ0) is 29.5. The van der Waals surface area contributed by atoms with Crippen LogP contribution in [-0.2, 0) is 25.7 Å². The van der Waals surface area contributed by atoms with Gasteiger partial charge in [-0.2, -0.15) is 0 Å². The Labute approximate surface area is 237 Å². The Balaban J connectivity index is 2.03. The maximum atomic E-state index is 12.8. The predicted molar refractivity (Wildman–Crippen MR) is 157 cm³/mol. The van der Waals surface area contributed by atoms with Gasteiger partial charge in [0, 0.05) is 38.5 Å². The summed E-state index contributed by atoms with van der Waals surface area (Å²) in [6, 6.07) is 5.75. The van der Waals surface area contributed by atoms with E-state index in [9.17, 15) is 14.4 Å². The monoisotopic (exact) mass is 573 g/mol. The molecule has 3 N–H and O–H groups in total. The first-order valence-electron chi connectivity index (χ1n) is 13.7. The minimum Gasteiger partial charge on any atom is -0.453 e. The molecule has 1 aliphatic rings. The van der Waals surface area contributed by atoms with E-state index in [1.54, 1.807) is 18.2 Å². The van der Waals surface area contributed by atoms with Gasteiger partial charge in [0.1, 0.15) is 18.2 Å². The summed E-state index contributed by atoms with van der Waals surface area (Å²) in [5.41, 5.74) is 1.59. The summed E-state index contributed by atoms with van der Waals surface area (Å²) in [6.45, 7) is 13.2. The van der Waals surface area contributed by atoms with Crippen LogP contribution >= 0.6 is 0 Å². The van der Waals surface area contributed by atoms with Crippen LogP contribution in [0.25, 0.3) is 11.3 Å². The second-order valence-corrected chi connectivity index (χ2v) is 17.8. The second-order valence-electron chi connectivity index (χ2n) is 12.2. The third-order valence-electron chi connectivity index (χ3n) is 6.18. The van der Waals surface area contributed by atoms with Crippen LogP contribution in [0, 0.1) is 0 Å². The van der Waals surface area contributed by atoms with Gasteiger partial charge in [0.05, 0.1) is 24.5 Å². The molecule has 2 bridgehead atoms. The summed E-state index contributed by atoms with van der Waals surface area (Å²) in [6.07, 6.45) is 2.91. The minimum absolute atomic E-state index is 0.150. The molecule has 3 rings (SSSR count). The Bertz CT molecular complexity index is 1200. The number of hydrogen-bond acceptors (Lipinski definition) is 7.